The topological polar surface area (TPSA) is 69.5 Å². The van der Waals surface area contributed by atoms with E-state index in [-0.39, 0.29) is 5.91 Å². The standard InChI is InChI=1S/C26H32N6O/c1-17(2)25-20-13-19(18-7-10-31(11-8-18)16-24(33)30(3)4)5-6-21(20)29-26(25)22-14-28-23-15-27-9-12-32(22)23/h5-6,9,12-15,17-18,29H,7-8,10-11,16H2,1-4H3. The zero-order valence-electron chi connectivity index (χ0n) is 19.9. The van der Waals surface area contributed by atoms with Crippen LogP contribution >= 0.6 is 0 Å². The van der Waals surface area contributed by atoms with E-state index in [4.69, 9.17) is 0 Å². The van der Waals surface area contributed by atoms with E-state index in [1.165, 1.54) is 16.5 Å². The zero-order chi connectivity index (χ0) is 23.1. The van der Waals surface area contributed by atoms with Gasteiger partial charge >= 0.3 is 0 Å². The second kappa shape index (κ2) is 8.63. The maximum absolute atomic E-state index is 12.1. The first kappa shape index (κ1) is 21.6. The number of nitrogens with one attached hydrogen (secondary N) is 1. The number of fused-ring (bicyclic) bond motifs is 2. The molecule has 0 saturated carbocycles. The molecule has 4 heterocycles. The number of hydrogen-bond acceptors (Lipinski definition) is 4. The van der Waals surface area contributed by atoms with Crippen molar-refractivity contribution in [1.29, 1.82) is 0 Å². The number of nitrogens with zero attached hydrogens (tertiary/aromatic N) is 5. The normalized spacial score (nSPS) is 15.7. The molecule has 1 aliphatic heterocycles. The lowest BCUT2D eigenvalue weighted by Gasteiger charge is -2.32. The number of likely N-dealkylation sites (N-methyl/N-ethyl adjacent to an activating group) is 1. The Morgan fingerprint density at radius 2 is 2.00 bits per heavy atom. The van der Waals surface area contributed by atoms with Gasteiger partial charge < -0.3 is 9.88 Å². The van der Waals surface area contributed by atoms with E-state index in [1.54, 1.807) is 17.3 Å². The van der Waals surface area contributed by atoms with Gasteiger partial charge in [-0.3, -0.25) is 19.1 Å². The summed E-state index contributed by atoms with van der Waals surface area (Å²) in [6, 6.07) is 6.89. The Labute approximate surface area is 194 Å². The van der Waals surface area contributed by atoms with Crippen molar-refractivity contribution < 1.29 is 4.79 Å². The fourth-order valence-corrected chi connectivity index (χ4v) is 5.07. The lowest BCUT2D eigenvalue weighted by Crippen LogP contribution is -2.40. The average Bonchev–Trinajstić information content (AvgIpc) is 3.40. The van der Waals surface area contributed by atoms with Crippen molar-refractivity contribution in [3.05, 3.63) is 54.1 Å². The van der Waals surface area contributed by atoms with E-state index in [2.05, 4.69) is 56.3 Å². The molecule has 0 atom stereocenters. The number of carbonyl (C=O) groups excluding carboxylic acids is 1. The van der Waals surface area contributed by atoms with Crippen molar-refractivity contribution in [3.8, 4) is 11.4 Å². The van der Waals surface area contributed by atoms with Gasteiger partial charge in [0, 0.05) is 37.4 Å². The molecular weight excluding hydrogens is 412 g/mol. The van der Waals surface area contributed by atoms with Gasteiger partial charge in [-0.25, -0.2) is 4.98 Å². The number of piperidine rings is 1. The third kappa shape index (κ3) is 4.02. The van der Waals surface area contributed by atoms with E-state index < -0.39 is 0 Å². The van der Waals surface area contributed by atoms with Crippen molar-refractivity contribution in [3.63, 3.8) is 0 Å². The van der Waals surface area contributed by atoms with E-state index in [0.29, 0.717) is 18.4 Å². The highest BCUT2D eigenvalue weighted by Gasteiger charge is 2.24. The van der Waals surface area contributed by atoms with Crippen LogP contribution in [0.3, 0.4) is 0 Å². The SMILES string of the molecule is CC(C)c1c(-c2cnc3cnccn23)[nH]c2ccc(C3CCN(CC(=O)N(C)C)CC3)cc12. The number of H-pyrrole nitrogens is 1. The number of aromatic nitrogens is 4. The highest BCUT2D eigenvalue weighted by Crippen LogP contribution is 2.38. The first-order valence-electron chi connectivity index (χ1n) is 11.8. The summed E-state index contributed by atoms with van der Waals surface area (Å²) in [4.78, 5) is 28.4. The molecule has 1 fully saturated rings. The molecule has 1 N–H and O–H groups in total. The van der Waals surface area contributed by atoms with Crippen LogP contribution in [-0.4, -0.2) is 68.8 Å². The summed E-state index contributed by atoms with van der Waals surface area (Å²) in [5.41, 5.74) is 6.94. The Kier molecular flexibility index (Phi) is 5.66. The summed E-state index contributed by atoms with van der Waals surface area (Å²) in [5, 5.41) is 1.30. The molecular formula is C26H32N6O. The number of hydrogen-bond donors (Lipinski definition) is 1. The molecule has 1 saturated heterocycles. The highest BCUT2D eigenvalue weighted by molar-refractivity contribution is 5.91. The molecule has 7 heteroatoms. The van der Waals surface area contributed by atoms with Gasteiger partial charge in [-0.2, -0.15) is 0 Å². The molecule has 4 aromatic rings. The minimum absolute atomic E-state index is 0.180. The van der Waals surface area contributed by atoms with Crippen LogP contribution in [0.2, 0.25) is 0 Å². The van der Waals surface area contributed by atoms with Crippen LogP contribution in [0.15, 0.2) is 43.0 Å². The Hall–Kier alpha value is -3.19. The molecule has 7 nitrogen and oxygen atoms in total. The molecule has 1 amide bonds. The summed E-state index contributed by atoms with van der Waals surface area (Å²) in [7, 11) is 3.65. The molecule has 3 aromatic heterocycles. The van der Waals surface area contributed by atoms with Crippen LogP contribution in [0.4, 0.5) is 0 Å². The predicted molar refractivity (Wildman–Crippen MR) is 131 cm³/mol. The van der Waals surface area contributed by atoms with Crippen molar-refractivity contribution in [2.24, 2.45) is 0 Å². The van der Waals surface area contributed by atoms with Crippen LogP contribution in [0.5, 0.6) is 0 Å². The van der Waals surface area contributed by atoms with Gasteiger partial charge in [0.2, 0.25) is 5.91 Å². The quantitative estimate of drug-likeness (QED) is 0.499. The number of amides is 1. The second-order valence-electron chi connectivity index (χ2n) is 9.66. The molecule has 1 aromatic carbocycles. The lowest BCUT2D eigenvalue weighted by atomic mass is 9.87. The summed E-state index contributed by atoms with van der Waals surface area (Å²) < 4.78 is 2.09. The van der Waals surface area contributed by atoms with Crippen LogP contribution in [0, 0.1) is 0 Å². The summed E-state index contributed by atoms with van der Waals surface area (Å²) in [5.74, 6) is 1.08. The van der Waals surface area contributed by atoms with E-state index >= 15 is 0 Å². The van der Waals surface area contributed by atoms with Crippen LogP contribution < -0.4 is 0 Å². The first-order chi connectivity index (χ1) is 15.9. The lowest BCUT2D eigenvalue weighted by molar-refractivity contribution is -0.130. The minimum atomic E-state index is 0.180. The molecule has 5 rings (SSSR count). The fraction of sp³-hybridized carbons (Fsp3) is 0.423. The van der Waals surface area contributed by atoms with Crippen LogP contribution in [-0.2, 0) is 4.79 Å². The van der Waals surface area contributed by atoms with E-state index in [0.717, 1.165) is 48.5 Å². The van der Waals surface area contributed by atoms with Crippen molar-refractivity contribution in [2.75, 3.05) is 33.7 Å². The van der Waals surface area contributed by atoms with E-state index in [9.17, 15) is 4.79 Å². The van der Waals surface area contributed by atoms with Gasteiger partial charge in [-0.1, -0.05) is 19.9 Å². The number of likely N-dealkylation sites (tertiary alicyclic amines) is 1. The summed E-state index contributed by atoms with van der Waals surface area (Å²) in [6.45, 7) is 6.96. The third-order valence-corrected chi connectivity index (χ3v) is 6.93. The smallest absolute Gasteiger partial charge is 0.236 e. The maximum atomic E-state index is 12.1. The Morgan fingerprint density at radius 3 is 2.73 bits per heavy atom. The number of rotatable bonds is 5. The Bertz CT molecular complexity index is 1290. The molecule has 0 spiro atoms. The van der Waals surface area contributed by atoms with Gasteiger partial charge in [0.25, 0.3) is 0 Å². The monoisotopic (exact) mass is 444 g/mol. The van der Waals surface area contributed by atoms with Gasteiger partial charge in [-0.15, -0.1) is 0 Å². The summed E-state index contributed by atoms with van der Waals surface area (Å²) >= 11 is 0. The largest absolute Gasteiger partial charge is 0.353 e. The minimum Gasteiger partial charge on any atom is -0.353 e. The number of imidazole rings is 1. The van der Waals surface area contributed by atoms with Gasteiger partial charge in [-0.05, 0) is 61.0 Å². The van der Waals surface area contributed by atoms with Crippen molar-refractivity contribution in [2.45, 2.75) is 38.5 Å². The Balaban J connectivity index is 1.45. The Morgan fingerprint density at radius 1 is 1.21 bits per heavy atom. The second-order valence-corrected chi connectivity index (χ2v) is 9.66. The van der Waals surface area contributed by atoms with Gasteiger partial charge in [0.1, 0.15) is 0 Å². The van der Waals surface area contributed by atoms with Crippen molar-refractivity contribution >= 4 is 22.5 Å². The predicted octanol–water partition coefficient (Wildman–Crippen LogP) is 4.27. The molecule has 0 bridgehead atoms. The van der Waals surface area contributed by atoms with E-state index in [1.807, 2.05) is 26.5 Å². The van der Waals surface area contributed by atoms with Crippen LogP contribution in [0.1, 0.15) is 49.7 Å². The molecule has 0 radical (unpaired) electrons. The highest BCUT2D eigenvalue weighted by atomic mass is 16.2. The molecule has 172 valence electrons. The first-order valence-corrected chi connectivity index (χ1v) is 11.8. The van der Waals surface area contributed by atoms with Crippen molar-refractivity contribution in [1.82, 2.24) is 29.2 Å². The maximum Gasteiger partial charge on any atom is 0.236 e. The zero-order valence-corrected chi connectivity index (χ0v) is 19.9. The molecule has 0 aliphatic carbocycles. The fourth-order valence-electron chi connectivity index (χ4n) is 5.07. The van der Waals surface area contributed by atoms with Gasteiger partial charge in [0.05, 0.1) is 30.3 Å². The number of benzene rings is 1. The van der Waals surface area contributed by atoms with Gasteiger partial charge in [0.15, 0.2) is 5.65 Å². The molecule has 33 heavy (non-hydrogen) atoms. The summed E-state index contributed by atoms with van der Waals surface area (Å²) in [6.07, 6.45) is 9.65. The number of carbonyl (C=O) groups is 1. The third-order valence-electron chi connectivity index (χ3n) is 6.93. The number of aromatic amines is 1. The average molecular weight is 445 g/mol. The molecule has 1 aliphatic rings. The molecule has 0 unspecified atom stereocenters. The van der Waals surface area contributed by atoms with Crippen LogP contribution in [0.25, 0.3) is 27.9 Å².